The largest absolute Gasteiger partial charge is 0.273 e. The molecular weight excluding hydrogens is 184 g/mol. The number of carbonyl (C=O) groups is 1. The molecule has 1 aliphatic rings. The van der Waals surface area contributed by atoms with Crippen molar-refractivity contribution in [2.24, 2.45) is 5.10 Å². The maximum Gasteiger partial charge on any atom is 0.246 e. The molecule has 0 spiro atoms. The molecule has 0 aromatic carbocycles. The number of nitrogens with zero attached hydrogens (tertiary/aromatic N) is 1. The average Bonchev–Trinajstić information content (AvgIpc) is 2.58. The van der Waals surface area contributed by atoms with Crippen molar-refractivity contribution >= 4 is 23.0 Å². The average molecular weight is 194 g/mol. The zero-order valence-corrected chi connectivity index (χ0v) is 8.36. The Morgan fingerprint density at radius 3 is 2.77 bits per heavy atom. The fraction of sp³-hybridized carbons (Fsp3) is 0.333. The zero-order valence-electron chi connectivity index (χ0n) is 7.55. The lowest BCUT2D eigenvalue weighted by Gasteiger charge is -1.93. The van der Waals surface area contributed by atoms with Gasteiger partial charge in [0.05, 0.1) is 12.1 Å². The molecule has 13 heavy (non-hydrogen) atoms. The highest BCUT2D eigenvalue weighted by molar-refractivity contribution is 7.12. The summed E-state index contributed by atoms with van der Waals surface area (Å²) in [6, 6.07) is 2.08. The van der Waals surface area contributed by atoms with E-state index in [1.165, 1.54) is 9.75 Å². The standard InChI is InChI=1S/C9H10N2OS/c1-5-3-7(6(2)13-5)8-4-9(12)11-10-8/h3H,4H2,1-2H3,(H,11,12). The predicted octanol–water partition coefficient (Wildman–Crippen LogP) is 1.59. The Bertz CT molecular complexity index is 392. The second-order valence-corrected chi connectivity index (χ2v) is 4.56. The Kier molecular flexibility index (Phi) is 1.92. The van der Waals surface area contributed by atoms with Crippen molar-refractivity contribution < 1.29 is 4.79 Å². The van der Waals surface area contributed by atoms with Crippen LogP contribution in [-0.2, 0) is 4.79 Å². The fourth-order valence-electron chi connectivity index (χ4n) is 1.43. The lowest BCUT2D eigenvalue weighted by Crippen LogP contribution is -2.09. The van der Waals surface area contributed by atoms with Crippen LogP contribution < -0.4 is 5.43 Å². The highest BCUT2D eigenvalue weighted by Gasteiger charge is 2.18. The van der Waals surface area contributed by atoms with E-state index in [4.69, 9.17) is 0 Å². The number of hydrazone groups is 1. The van der Waals surface area contributed by atoms with E-state index in [1.807, 2.05) is 0 Å². The van der Waals surface area contributed by atoms with Crippen LogP contribution in [0.5, 0.6) is 0 Å². The number of nitrogens with one attached hydrogen (secondary N) is 1. The van der Waals surface area contributed by atoms with Gasteiger partial charge in [-0.2, -0.15) is 5.10 Å². The number of aryl methyl sites for hydroxylation is 2. The van der Waals surface area contributed by atoms with Crippen LogP contribution in [0.4, 0.5) is 0 Å². The minimum absolute atomic E-state index is 0.0155. The molecule has 0 fully saturated rings. The van der Waals surface area contributed by atoms with Crippen molar-refractivity contribution in [1.82, 2.24) is 5.43 Å². The molecule has 1 N–H and O–H groups in total. The summed E-state index contributed by atoms with van der Waals surface area (Å²) in [7, 11) is 0. The van der Waals surface area contributed by atoms with Crippen LogP contribution in [0.1, 0.15) is 21.7 Å². The van der Waals surface area contributed by atoms with E-state index >= 15 is 0 Å². The summed E-state index contributed by atoms with van der Waals surface area (Å²) < 4.78 is 0. The van der Waals surface area contributed by atoms with E-state index in [1.54, 1.807) is 11.3 Å². The van der Waals surface area contributed by atoms with Gasteiger partial charge in [0.2, 0.25) is 5.91 Å². The first-order valence-corrected chi connectivity index (χ1v) is 4.91. The van der Waals surface area contributed by atoms with Gasteiger partial charge < -0.3 is 0 Å². The van der Waals surface area contributed by atoms with E-state index in [-0.39, 0.29) is 5.91 Å². The smallest absolute Gasteiger partial charge is 0.246 e. The maximum atomic E-state index is 10.9. The lowest BCUT2D eigenvalue weighted by atomic mass is 10.1. The second kappa shape index (κ2) is 2.96. The number of amides is 1. The minimum atomic E-state index is -0.0155. The van der Waals surface area contributed by atoms with Gasteiger partial charge >= 0.3 is 0 Å². The van der Waals surface area contributed by atoms with Crippen molar-refractivity contribution in [3.05, 3.63) is 21.4 Å². The van der Waals surface area contributed by atoms with E-state index in [2.05, 4.69) is 30.4 Å². The van der Waals surface area contributed by atoms with Crippen molar-refractivity contribution in [3.63, 3.8) is 0 Å². The van der Waals surface area contributed by atoms with Crippen LogP contribution in [0.2, 0.25) is 0 Å². The van der Waals surface area contributed by atoms with Gasteiger partial charge in [-0.3, -0.25) is 4.79 Å². The first-order chi connectivity index (χ1) is 6.16. The highest BCUT2D eigenvalue weighted by Crippen LogP contribution is 2.23. The summed E-state index contributed by atoms with van der Waals surface area (Å²) >= 11 is 1.74. The molecule has 0 bridgehead atoms. The normalized spacial score (nSPS) is 15.8. The van der Waals surface area contributed by atoms with E-state index in [9.17, 15) is 4.79 Å². The zero-order chi connectivity index (χ0) is 9.42. The van der Waals surface area contributed by atoms with Crippen LogP contribution in [0.25, 0.3) is 0 Å². The van der Waals surface area contributed by atoms with Crippen LogP contribution >= 0.6 is 11.3 Å². The summed E-state index contributed by atoms with van der Waals surface area (Å²) in [6.07, 6.45) is 0.414. The molecule has 0 unspecified atom stereocenters. The monoisotopic (exact) mass is 194 g/mol. The van der Waals surface area contributed by atoms with Gasteiger partial charge in [-0.1, -0.05) is 0 Å². The molecule has 0 saturated heterocycles. The van der Waals surface area contributed by atoms with Crippen LogP contribution in [-0.4, -0.2) is 11.6 Å². The van der Waals surface area contributed by atoms with Crippen molar-refractivity contribution in [1.29, 1.82) is 0 Å². The van der Waals surface area contributed by atoms with Crippen LogP contribution in [0.15, 0.2) is 11.2 Å². The number of rotatable bonds is 1. The minimum Gasteiger partial charge on any atom is -0.273 e. The molecule has 68 valence electrons. The molecule has 1 aromatic rings. The molecule has 1 amide bonds. The number of carbonyl (C=O) groups excluding carboxylic acids is 1. The lowest BCUT2D eigenvalue weighted by molar-refractivity contribution is -0.119. The Morgan fingerprint density at radius 1 is 1.54 bits per heavy atom. The Hall–Kier alpha value is -1.16. The van der Waals surface area contributed by atoms with Gasteiger partial charge in [0.1, 0.15) is 0 Å². The predicted molar refractivity (Wildman–Crippen MR) is 53.1 cm³/mol. The maximum absolute atomic E-state index is 10.9. The summed E-state index contributed by atoms with van der Waals surface area (Å²) in [4.78, 5) is 13.4. The number of hydrogen-bond acceptors (Lipinski definition) is 3. The number of hydrogen-bond donors (Lipinski definition) is 1. The third-order valence-electron chi connectivity index (χ3n) is 2.00. The summed E-state index contributed by atoms with van der Waals surface area (Å²) in [5.41, 5.74) is 4.44. The third-order valence-corrected chi connectivity index (χ3v) is 2.96. The molecule has 3 nitrogen and oxygen atoms in total. The van der Waals surface area contributed by atoms with Gasteiger partial charge in [0.15, 0.2) is 0 Å². The number of thiophene rings is 1. The Balaban J connectivity index is 2.36. The molecule has 1 aromatic heterocycles. The molecule has 2 rings (SSSR count). The Morgan fingerprint density at radius 2 is 2.31 bits per heavy atom. The summed E-state index contributed by atoms with van der Waals surface area (Å²) in [6.45, 7) is 4.12. The molecule has 1 aliphatic heterocycles. The van der Waals surface area contributed by atoms with Gasteiger partial charge in [-0.25, -0.2) is 5.43 Å². The van der Waals surface area contributed by atoms with E-state index in [0.717, 1.165) is 11.3 Å². The fourth-order valence-corrected chi connectivity index (χ4v) is 2.38. The molecule has 4 heteroatoms. The van der Waals surface area contributed by atoms with Crippen molar-refractivity contribution in [2.75, 3.05) is 0 Å². The Labute approximate surface area is 80.5 Å². The van der Waals surface area contributed by atoms with Crippen molar-refractivity contribution in [3.8, 4) is 0 Å². The van der Waals surface area contributed by atoms with Crippen LogP contribution in [0, 0.1) is 13.8 Å². The first-order valence-electron chi connectivity index (χ1n) is 4.09. The summed E-state index contributed by atoms with van der Waals surface area (Å²) in [5.74, 6) is -0.0155. The summed E-state index contributed by atoms with van der Waals surface area (Å²) in [5, 5.41) is 3.98. The van der Waals surface area contributed by atoms with E-state index < -0.39 is 0 Å². The quantitative estimate of drug-likeness (QED) is 0.724. The van der Waals surface area contributed by atoms with Crippen LogP contribution in [0.3, 0.4) is 0 Å². The SMILES string of the molecule is Cc1cc(C2=NNC(=O)C2)c(C)s1. The molecule has 0 aliphatic carbocycles. The van der Waals surface area contributed by atoms with Gasteiger partial charge in [-0.05, 0) is 19.9 Å². The topological polar surface area (TPSA) is 41.5 Å². The molecule has 2 heterocycles. The van der Waals surface area contributed by atoms with Gasteiger partial charge in [0.25, 0.3) is 0 Å². The second-order valence-electron chi connectivity index (χ2n) is 3.10. The first kappa shape index (κ1) is 8.44. The third kappa shape index (κ3) is 1.49. The van der Waals surface area contributed by atoms with E-state index in [0.29, 0.717) is 6.42 Å². The molecular formula is C9H10N2OS. The van der Waals surface area contributed by atoms with Crippen molar-refractivity contribution in [2.45, 2.75) is 20.3 Å². The molecule has 0 atom stereocenters. The molecule has 0 saturated carbocycles. The highest BCUT2D eigenvalue weighted by atomic mass is 32.1. The van der Waals surface area contributed by atoms with Gasteiger partial charge in [-0.15, -0.1) is 11.3 Å². The molecule has 0 radical (unpaired) electrons. The van der Waals surface area contributed by atoms with Gasteiger partial charge in [0, 0.05) is 15.3 Å².